The maximum Gasteiger partial charge on any atom is 0.202 e. The number of aromatic nitrogens is 5. The van der Waals surface area contributed by atoms with Gasteiger partial charge in [-0.05, 0) is 69.2 Å². The first-order chi connectivity index (χ1) is 12.5. The molecule has 3 aromatic rings. The van der Waals surface area contributed by atoms with Crippen LogP contribution < -0.4 is 0 Å². The Morgan fingerprint density at radius 2 is 1.81 bits per heavy atom. The Morgan fingerprint density at radius 1 is 1.08 bits per heavy atom. The molecular formula is C17H16ClN7S. The third kappa shape index (κ3) is 3.85. The summed E-state index contributed by atoms with van der Waals surface area (Å²) >= 11 is 7.36. The zero-order valence-corrected chi connectivity index (χ0v) is 16.0. The Morgan fingerprint density at radius 3 is 2.38 bits per heavy atom. The van der Waals surface area contributed by atoms with E-state index in [1.54, 1.807) is 12.1 Å². The highest BCUT2D eigenvalue weighted by atomic mass is 35.5. The second kappa shape index (κ2) is 7.83. The van der Waals surface area contributed by atoms with Gasteiger partial charge in [-0.25, -0.2) is 0 Å². The Labute approximate surface area is 160 Å². The lowest BCUT2D eigenvalue weighted by Gasteiger charge is -2.20. The molecule has 0 spiro atoms. The van der Waals surface area contributed by atoms with E-state index in [1.165, 1.54) is 11.8 Å². The summed E-state index contributed by atoms with van der Waals surface area (Å²) in [5.41, 5.74) is 1.18. The molecular weight excluding hydrogens is 370 g/mol. The number of nitriles is 1. The fraction of sp³-hybridized carbons (Fsp3) is 0.235. The van der Waals surface area contributed by atoms with E-state index in [9.17, 15) is 0 Å². The van der Waals surface area contributed by atoms with Crippen molar-refractivity contribution in [2.24, 2.45) is 0 Å². The number of nitrogens with zero attached hydrogens (tertiary/aromatic N) is 7. The molecule has 0 aliphatic heterocycles. The molecule has 3 rings (SSSR count). The van der Waals surface area contributed by atoms with Crippen LogP contribution in [0.2, 0.25) is 5.02 Å². The Hall–Kier alpha value is -2.47. The van der Waals surface area contributed by atoms with Gasteiger partial charge >= 0.3 is 0 Å². The van der Waals surface area contributed by atoms with Crippen LogP contribution >= 0.6 is 23.4 Å². The number of rotatable bonds is 5. The van der Waals surface area contributed by atoms with E-state index < -0.39 is 0 Å². The van der Waals surface area contributed by atoms with Crippen LogP contribution in [0.3, 0.4) is 0 Å². The normalized spacial score (nSPS) is 12.2. The van der Waals surface area contributed by atoms with E-state index >= 15 is 0 Å². The van der Waals surface area contributed by atoms with Crippen LogP contribution in [0, 0.1) is 11.3 Å². The first-order valence-electron chi connectivity index (χ1n) is 7.79. The van der Waals surface area contributed by atoms with Crippen molar-refractivity contribution in [3.63, 3.8) is 0 Å². The Balaban J connectivity index is 2.04. The third-order valence-corrected chi connectivity index (χ3v) is 4.97. The van der Waals surface area contributed by atoms with E-state index in [2.05, 4.69) is 32.2 Å². The molecule has 9 heteroatoms. The summed E-state index contributed by atoms with van der Waals surface area (Å²) in [6.07, 6.45) is 0. The van der Waals surface area contributed by atoms with Gasteiger partial charge in [0, 0.05) is 10.7 Å². The Bertz CT molecular complexity index is 929. The summed E-state index contributed by atoms with van der Waals surface area (Å²) < 4.78 is 1.98. The van der Waals surface area contributed by atoms with Gasteiger partial charge in [0.25, 0.3) is 0 Å². The summed E-state index contributed by atoms with van der Waals surface area (Å²) in [5, 5.41) is 27.5. The molecule has 0 saturated carbocycles. The third-order valence-electron chi connectivity index (χ3n) is 3.84. The lowest BCUT2D eigenvalue weighted by Crippen LogP contribution is -2.20. The van der Waals surface area contributed by atoms with E-state index in [-0.39, 0.29) is 11.7 Å². The zero-order chi connectivity index (χ0) is 18.7. The number of hydrogen-bond donors (Lipinski definition) is 0. The maximum atomic E-state index is 8.85. The molecule has 2 heterocycles. The van der Waals surface area contributed by atoms with Gasteiger partial charge in [0.15, 0.2) is 11.5 Å². The molecule has 7 nitrogen and oxygen atoms in total. The van der Waals surface area contributed by atoms with Crippen LogP contribution in [0.4, 0.5) is 0 Å². The van der Waals surface area contributed by atoms with Gasteiger partial charge in [0.1, 0.15) is 11.1 Å². The quantitative estimate of drug-likeness (QED) is 0.665. The van der Waals surface area contributed by atoms with E-state index in [0.29, 0.717) is 15.2 Å². The molecule has 1 aromatic carbocycles. The molecule has 0 bridgehead atoms. The maximum absolute atomic E-state index is 8.85. The summed E-state index contributed by atoms with van der Waals surface area (Å²) in [6.45, 7) is 2.06. The number of halogens is 1. The van der Waals surface area contributed by atoms with Crippen LogP contribution in [-0.2, 0) is 0 Å². The largest absolute Gasteiger partial charge is 0.300 e. The fourth-order valence-corrected chi connectivity index (χ4v) is 3.11. The average Bonchev–Trinajstić information content (AvgIpc) is 3.05. The van der Waals surface area contributed by atoms with Gasteiger partial charge in [-0.2, -0.15) is 5.26 Å². The molecule has 0 saturated heterocycles. The van der Waals surface area contributed by atoms with Gasteiger partial charge in [-0.1, -0.05) is 11.6 Å². The van der Waals surface area contributed by atoms with Gasteiger partial charge < -0.3 is 0 Å². The van der Waals surface area contributed by atoms with Crippen LogP contribution in [0.15, 0.2) is 46.6 Å². The van der Waals surface area contributed by atoms with E-state index in [4.69, 9.17) is 16.9 Å². The molecule has 1 unspecified atom stereocenters. The number of hydrogen-bond acceptors (Lipinski definition) is 7. The van der Waals surface area contributed by atoms with Crippen molar-refractivity contribution in [3.05, 3.63) is 52.9 Å². The van der Waals surface area contributed by atoms with Crippen molar-refractivity contribution < 1.29 is 0 Å². The van der Waals surface area contributed by atoms with Crippen molar-refractivity contribution in [1.82, 2.24) is 29.9 Å². The molecule has 1 atom stereocenters. The van der Waals surface area contributed by atoms with Crippen molar-refractivity contribution in [1.29, 1.82) is 5.26 Å². The van der Waals surface area contributed by atoms with Gasteiger partial charge in [0.2, 0.25) is 5.16 Å². The molecule has 2 aromatic heterocycles. The highest BCUT2D eigenvalue weighted by molar-refractivity contribution is 7.99. The highest BCUT2D eigenvalue weighted by Crippen LogP contribution is 2.30. The van der Waals surface area contributed by atoms with Gasteiger partial charge in [-0.15, -0.1) is 20.4 Å². The standard InChI is InChI=1S/C17H16ClN7S/c1-11(24(2)3)16-22-23-17(25(16)14-7-4-12(18)5-8-14)26-15-9-6-13(10-19)20-21-15/h4-9,11H,1-3H3. The predicted molar refractivity (Wildman–Crippen MR) is 99.3 cm³/mol. The van der Waals surface area contributed by atoms with Crippen LogP contribution in [0.5, 0.6) is 0 Å². The van der Waals surface area contributed by atoms with Crippen molar-refractivity contribution in [3.8, 4) is 11.8 Å². The highest BCUT2D eigenvalue weighted by Gasteiger charge is 2.21. The van der Waals surface area contributed by atoms with Crippen LogP contribution in [-0.4, -0.2) is 44.0 Å². The molecule has 132 valence electrons. The van der Waals surface area contributed by atoms with E-state index in [0.717, 1.165) is 11.5 Å². The summed E-state index contributed by atoms with van der Waals surface area (Å²) in [7, 11) is 3.98. The van der Waals surface area contributed by atoms with Crippen molar-refractivity contribution >= 4 is 23.4 Å². The van der Waals surface area contributed by atoms with Crippen molar-refractivity contribution in [2.75, 3.05) is 14.1 Å². The molecule has 0 amide bonds. The summed E-state index contributed by atoms with van der Waals surface area (Å²) in [4.78, 5) is 2.06. The smallest absolute Gasteiger partial charge is 0.202 e. The monoisotopic (exact) mass is 385 g/mol. The molecule has 0 aliphatic carbocycles. The topological polar surface area (TPSA) is 83.5 Å². The van der Waals surface area contributed by atoms with Crippen LogP contribution in [0.25, 0.3) is 5.69 Å². The average molecular weight is 386 g/mol. The molecule has 0 fully saturated rings. The van der Waals surface area contributed by atoms with E-state index in [1.807, 2.05) is 49.0 Å². The minimum absolute atomic E-state index is 0.0552. The minimum atomic E-state index is 0.0552. The number of benzene rings is 1. The second-order valence-corrected chi connectivity index (χ2v) is 7.19. The molecule has 0 aliphatic rings. The first-order valence-corrected chi connectivity index (χ1v) is 8.98. The fourth-order valence-electron chi connectivity index (χ4n) is 2.21. The Kier molecular flexibility index (Phi) is 5.52. The minimum Gasteiger partial charge on any atom is -0.300 e. The molecule has 26 heavy (non-hydrogen) atoms. The summed E-state index contributed by atoms with van der Waals surface area (Å²) in [5.74, 6) is 0.807. The zero-order valence-electron chi connectivity index (χ0n) is 14.5. The lowest BCUT2D eigenvalue weighted by molar-refractivity contribution is 0.305. The van der Waals surface area contributed by atoms with Gasteiger partial charge in [0.05, 0.1) is 6.04 Å². The van der Waals surface area contributed by atoms with Crippen LogP contribution in [0.1, 0.15) is 24.5 Å². The predicted octanol–water partition coefficient (Wildman–Crippen LogP) is 3.36. The lowest BCUT2D eigenvalue weighted by atomic mass is 10.2. The van der Waals surface area contributed by atoms with Gasteiger partial charge in [-0.3, -0.25) is 9.47 Å². The summed E-state index contributed by atoms with van der Waals surface area (Å²) in [6, 6.07) is 12.9. The van der Waals surface area contributed by atoms with Crippen molar-refractivity contribution in [2.45, 2.75) is 23.1 Å². The molecule has 0 N–H and O–H groups in total. The second-order valence-electron chi connectivity index (χ2n) is 5.76. The SMILES string of the molecule is CC(c1nnc(Sc2ccc(C#N)nn2)n1-c1ccc(Cl)cc1)N(C)C. The first kappa shape index (κ1) is 18.3. The molecule has 0 radical (unpaired) electrons.